The number of nitrogens with zero attached hydrogens (tertiary/aromatic N) is 4. The molecule has 0 saturated heterocycles. The van der Waals surface area contributed by atoms with Gasteiger partial charge in [0.15, 0.2) is 0 Å². The van der Waals surface area contributed by atoms with Crippen LogP contribution in [0.5, 0.6) is 0 Å². The van der Waals surface area contributed by atoms with Gasteiger partial charge in [0.2, 0.25) is 0 Å². The average molecular weight is 203 g/mol. The van der Waals surface area contributed by atoms with Crippen LogP contribution in [0.15, 0.2) is 18.5 Å². The van der Waals surface area contributed by atoms with Gasteiger partial charge in [-0.25, -0.2) is 4.98 Å². The SMILES string of the molecule is NC(Cc1nnc2ncccn12)C1CC1. The van der Waals surface area contributed by atoms with Gasteiger partial charge in [-0.2, -0.15) is 0 Å². The molecule has 3 rings (SSSR count). The zero-order valence-electron chi connectivity index (χ0n) is 8.37. The second kappa shape index (κ2) is 3.27. The molecular weight excluding hydrogens is 190 g/mol. The Bertz CT molecular complexity index is 473. The summed E-state index contributed by atoms with van der Waals surface area (Å²) < 4.78 is 1.90. The first kappa shape index (κ1) is 8.79. The van der Waals surface area contributed by atoms with Gasteiger partial charge in [0.1, 0.15) is 5.82 Å². The van der Waals surface area contributed by atoms with Crippen molar-refractivity contribution in [2.45, 2.75) is 25.3 Å². The van der Waals surface area contributed by atoms with Gasteiger partial charge in [-0.15, -0.1) is 10.2 Å². The second-order valence-electron chi connectivity index (χ2n) is 4.11. The van der Waals surface area contributed by atoms with Crippen LogP contribution in [-0.2, 0) is 6.42 Å². The Labute approximate surface area is 87.3 Å². The normalized spacial score (nSPS) is 18.2. The molecule has 2 N–H and O–H groups in total. The molecule has 1 atom stereocenters. The molecule has 0 amide bonds. The van der Waals surface area contributed by atoms with Crippen LogP contribution in [0.1, 0.15) is 18.7 Å². The van der Waals surface area contributed by atoms with Crippen molar-refractivity contribution >= 4 is 5.78 Å². The molecular formula is C10H13N5. The number of hydrogen-bond donors (Lipinski definition) is 1. The van der Waals surface area contributed by atoms with Crippen LogP contribution in [0.2, 0.25) is 0 Å². The minimum absolute atomic E-state index is 0.220. The predicted octanol–water partition coefficient (Wildman–Crippen LogP) is 0.404. The summed E-state index contributed by atoms with van der Waals surface area (Å²) in [6.07, 6.45) is 6.95. The minimum Gasteiger partial charge on any atom is -0.327 e. The fourth-order valence-corrected chi connectivity index (χ4v) is 1.83. The van der Waals surface area contributed by atoms with Gasteiger partial charge in [-0.3, -0.25) is 4.40 Å². The Balaban J connectivity index is 1.90. The molecule has 78 valence electrons. The van der Waals surface area contributed by atoms with E-state index in [1.165, 1.54) is 12.8 Å². The van der Waals surface area contributed by atoms with E-state index in [9.17, 15) is 0 Å². The molecule has 0 spiro atoms. The molecule has 15 heavy (non-hydrogen) atoms. The standard InChI is InChI=1S/C10H13N5/c11-8(7-2-3-7)6-9-13-14-10-12-4-1-5-15(9)10/h1,4-5,7-8H,2-3,6,11H2. The molecule has 1 fully saturated rings. The Hall–Kier alpha value is -1.49. The lowest BCUT2D eigenvalue weighted by Crippen LogP contribution is -2.26. The fourth-order valence-electron chi connectivity index (χ4n) is 1.83. The summed E-state index contributed by atoms with van der Waals surface area (Å²) in [6.45, 7) is 0. The monoisotopic (exact) mass is 203 g/mol. The van der Waals surface area contributed by atoms with E-state index in [0.29, 0.717) is 11.7 Å². The van der Waals surface area contributed by atoms with E-state index < -0.39 is 0 Å². The largest absolute Gasteiger partial charge is 0.327 e. The van der Waals surface area contributed by atoms with E-state index in [1.54, 1.807) is 6.20 Å². The molecule has 1 unspecified atom stereocenters. The third-order valence-corrected chi connectivity index (χ3v) is 2.91. The lowest BCUT2D eigenvalue weighted by atomic mass is 10.1. The average Bonchev–Trinajstić information content (AvgIpc) is 3.03. The van der Waals surface area contributed by atoms with Gasteiger partial charge in [-0.05, 0) is 24.8 Å². The smallest absolute Gasteiger partial charge is 0.254 e. The van der Waals surface area contributed by atoms with Crippen LogP contribution in [0.4, 0.5) is 0 Å². The summed E-state index contributed by atoms with van der Waals surface area (Å²) in [7, 11) is 0. The van der Waals surface area contributed by atoms with E-state index >= 15 is 0 Å². The molecule has 1 aliphatic carbocycles. The Morgan fingerprint density at radius 2 is 2.33 bits per heavy atom. The van der Waals surface area contributed by atoms with E-state index in [0.717, 1.165) is 12.2 Å². The van der Waals surface area contributed by atoms with Crippen LogP contribution >= 0.6 is 0 Å². The molecule has 0 bridgehead atoms. The highest BCUT2D eigenvalue weighted by molar-refractivity contribution is 5.26. The first-order valence-electron chi connectivity index (χ1n) is 5.25. The van der Waals surface area contributed by atoms with Crippen LogP contribution in [0.25, 0.3) is 5.78 Å². The van der Waals surface area contributed by atoms with Gasteiger partial charge in [-0.1, -0.05) is 0 Å². The van der Waals surface area contributed by atoms with Crippen molar-refractivity contribution in [3.05, 3.63) is 24.3 Å². The highest BCUT2D eigenvalue weighted by atomic mass is 15.3. The van der Waals surface area contributed by atoms with E-state index in [4.69, 9.17) is 5.73 Å². The van der Waals surface area contributed by atoms with Crippen LogP contribution in [0.3, 0.4) is 0 Å². The third kappa shape index (κ3) is 1.59. The molecule has 0 radical (unpaired) electrons. The van der Waals surface area contributed by atoms with Gasteiger partial charge in [0, 0.05) is 24.9 Å². The van der Waals surface area contributed by atoms with Crippen molar-refractivity contribution < 1.29 is 0 Å². The number of rotatable bonds is 3. The Kier molecular flexibility index (Phi) is 1.92. The maximum Gasteiger partial charge on any atom is 0.254 e. The predicted molar refractivity (Wildman–Crippen MR) is 55.2 cm³/mol. The van der Waals surface area contributed by atoms with Crippen LogP contribution in [-0.4, -0.2) is 25.6 Å². The van der Waals surface area contributed by atoms with Gasteiger partial charge in [0.05, 0.1) is 0 Å². The summed E-state index contributed by atoms with van der Waals surface area (Å²) in [4.78, 5) is 4.12. The Morgan fingerprint density at radius 1 is 1.47 bits per heavy atom. The summed E-state index contributed by atoms with van der Waals surface area (Å²) in [5, 5.41) is 8.11. The van der Waals surface area contributed by atoms with Crippen molar-refractivity contribution in [1.29, 1.82) is 0 Å². The first-order chi connectivity index (χ1) is 7.34. The summed E-state index contributed by atoms with van der Waals surface area (Å²) in [6, 6.07) is 2.10. The van der Waals surface area contributed by atoms with Crippen molar-refractivity contribution in [3.63, 3.8) is 0 Å². The number of fused-ring (bicyclic) bond motifs is 1. The molecule has 1 aliphatic rings. The zero-order valence-corrected chi connectivity index (χ0v) is 8.37. The van der Waals surface area contributed by atoms with Gasteiger partial charge in [0.25, 0.3) is 5.78 Å². The van der Waals surface area contributed by atoms with Crippen molar-refractivity contribution in [2.24, 2.45) is 11.7 Å². The topological polar surface area (TPSA) is 69.1 Å². The van der Waals surface area contributed by atoms with Crippen molar-refractivity contribution in [1.82, 2.24) is 19.6 Å². The number of aromatic nitrogens is 4. The molecule has 5 heteroatoms. The molecule has 2 heterocycles. The van der Waals surface area contributed by atoms with Crippen LogP contribution in [0, 0.1) is 5.92 Å². The summed E-state index contributed by atoms with van der Waals surface area (Å²) in [5.74, 6) is 2.25. The quantitative estimate of drug-likeness (QED) is 0.784. The van der Waals surface area contributed by atoms with Gasteiger partial charge >= 0.3 is 0 Å². The molecule has 0 aliphatic heterocycles. The maximum absolute atomic E-state index is 6.06. The lowest BCUT2D eigenvalue weighted by Gasteiger charge is -2.07. The number of hydrogen-bond acceptors (Lipinski definition) is 4. The summed E-state index contributed by atoms with van der Waals surface area (Å²) >= 11 is 0. The zero-order chi connectivity index (χ0) is 10.3. The minimum atomic E-state index is 0.220. The highest BCUT2D eigenvalue weighted by Gasteiger charge is 2.29. The second-order valence-corrected chi connectivity index (χ2v) is 4.11. The lowest BCUT2D eigenvalue weighted by molar-refractivity contribution is 0.572. The maximum atomic E-state index is 6.06. The first-order valence-corrected chi connectivity index (χ1v) is 5.25. The summed E-state index contributed by atoms with van der Waals surface area (Å²) in [5.41, 5.74) is 6.06. The van der Waals surface area contributed by atoms with Gasteiger partial charge < -0.3 is 5.73 Å². The van der Waals surface area contributed by atoms with E-state index in [-0.39, 0.29) is 6.04 Å². The van der Waals surface area contributed by atoms with E-state index in [2.05, 4.69) is 15.2 Å². The fraction of sp³-hybridized carbons (Fsp3) is 0.500. The van der Waals surface area contributed by atoms with Crippen molar-refractivity contribution in [3.8, 4) is 0 Å². The highest BCUT2D eigenvalue weighted by Crippen LogP contribution is 2.32. The Morgan fingerprint density at radius 3 is 3.13 bits per heavy atom. The molecule has 0 aromatic carbocycles. The molecule has 5 nitrogen and oxygen atoms in total. The molecule has 2 aromatic rings. The van der Waals surface area contributed by atoms with Crippen LogP contribution < -0.4 is 5.73 Å². The third-order valence-electron chi connectivity index (χ3n) is 2.91. The van der Waals surface area contributed by atoms with E-state index in [1.807, 2.05) is 16.7 Å². The molecule has 1 saturated carbocycles. The van der Waals surface area contributed by atoms with Crippen molar-refractivity contribution in [2.75, 3.05) is 0 Å². The molecule has 2 aromatic heterocycles. The number of nitrogens with two attached hydrogens (primary N) is 1.